The first-order valence-electron chi connectivity index (χ1n) is 12.4. The number of ether oxygens (including phenoxy) is 2. The molecule has 37 heavy (non-hydrogen) atoms. The second-order valence-electron chi connectivity index (χ2n) is 10.2. The number of nitrogens with zero attached hydrogens (tertiary/aromatic N) is 1. The molecule has 3 amide bonds. The number of anilines is 1. The molecule has 2 aromatic rings. The van der Waals surface area contributed by atoms with E-state index < -0.39 is 35.6 Å². The van der Waals surface area contributed by atoms with Gasteiger partial charge in [-0.15, -0.1) is 0 Å². The largest absolute Gasteiger partial charge is 0.508 e. The van der Waals surface area contributed by atoms with Crippen molar-refractivity contribution in [1.29, 1.82) is 0 Å². The van der Waals surface area contributed by atoms with Crippen LogP contribution < -0.4 is 15.4 Å². The van der Waals surface area contributed by atoms with Gasteiger partial charge in [-0.05, 0) is 82.0 Å². The van der Waals surface area contributed by atoms with E-state index in [0.717, 1.165) is 0 Å². The summed E-state index contributed by atoms with van der Waals surface area (Å²) in [5.74, 6) is -0.0839. The van der Waals surface area contributed by atoms with Crippen LogP contribution in [0.2, 0.25) is 0 Å². The fourth-order valence-corrected chi connectivity index (χ4v) is 3.82. The first kappa shape index (κ1) is 29.5. The molecule has 2 aromatic carbocycles. The monoisotopic (exact) mass is 513 g/mol. The van der Waals surface area contributed by atoms with Crippen LogP contribution in [0.25, 0.3) is 0 Å². The molecule has 0 saturated carbocycles. The van der Waals surface area contributed by atoms with Crippen molar-refractivity contribution in [3.05, 3.63) is 54.1 Å². The second-order valence-corrected chi connectivity index (χ2v) is 10.2. The number of amides is 3. The van der Waals surface area contributed by atoms with Gasteiger partial charge in [0.15, 0.2) is 0 Å². The maximum absolute atomic E-state index is 13.8. The number of hydrogen-bond donors (Lipinski definition) is 3. The van der Waals surface area contributed by atoms with Gasteiger partial charge in [-0.3, -0.25) is 9.59 Å². The number of carbonyl (C=O) groups is 3. The fourth-order valence-electron chi connectivity index (χ4n) is 3.82. The van der Waals surface area contributed by atoms with Crippen LogP contribution >= 0.6 is 0 Å². The Morgan fingerprint density at radius 3 is 2.08 bits per heavy atom. The van der Waals surface area contributed by atoms with E-state index in [9.17, 15) is 19.5 Å². The highest BCUT2D eigenvalue weighted by Crippen LogP contribution is 2.27. The summed E-state index contributed by atoms with van der Waals surface area (Å²) in [7, 11) is 1.55. The van der Waals surface area contributed by atoms with Gasteiger partial charge in [-0.1, -0.05) is 26.0 Å². The third kappa shape index (κ3) is 9.00. The minimum absolute atomic E-state index is 0.0386. The molecule has 2 atom stereocenters. The van der Waals surface area contributed by atoms with Crippen molar-refractivity contribution in [2.75, 3.05) is 19.0 Å². The maximum Gasteiger partial charge on any atom is 0.408 e. The van der Waals surface area contributed by atoms with E-state index in [4.69, 9.17) is 9.47 Å². The van der Waals surface area contributed by atoms with Gasteiger partial charge in [0.2, 0.25) is 5.91 Å². The number of rotatable bonds is 10. The van der Waals surface area contributed by atoms with E-state index in [-0.39, 0.29) is 18.2 Å². The highest BCUT2D eigenvalue weighted by atomic mass is 16.6. The number of alkyl carbamates (subject to hydrolysis) is 1. The van der Waals surface area contributed by atoms with Crippen LogP contribution in [0.1, 0.15) is 59.6 Å². The maximum atomic E-state index is 13.8. The molecule has 0 heterocycles. The zero-order valence-corrected chi connectivity index (χ0v) is 22.7. The number of carbonyl (C=O) groups excluding carboxylic acids is 3. The van der Waals surface area contributed by atoms with E-state index in [2.05, 4.69) is 10.6 Å². The number of phenols is 1. The van der Waals surface area contributed by atoms with Crippen molar-refractivity contribution >= 4 is 23.6 Å². The topological polar surface area (TPSA) is 117 Å². The molecule has 0 aliphatic rings. The van der Waals surface area contributed by atoms with Crippen LogP contribution in [0.4, 0.5) is 10.5 Å². The predicted octanol–water partition coefficient (Wildman–Crippen LogP) is 4.87. The third-order valence-electron chi connectivity index (χ3n) is 5.45. The quantitative estimate of drug-likeness (QED) is 0.417. The van der Waals surface area contributed by atoms with Gasteiger partial charge >= 0.3 is 6.09 Å². The summed E-state index contributed by atoms with van der Waals surface area (Å²) in [6.07, 6.45) is -0.344. The number of hydrogen-bond acceptors (Lipinski definition) is 6. The van der Waals surface area contributed by atoms with Crippen LogP contribution in [0, 0.1) is 5.92 Å². The Hall–Kier alpha value is -3.75. The number of likely N-dealkylation sites (N-methyl/N-ethyl adjacent to an activating group) is 1. The zero-order valence-electron chi connectivity index (χ0n) is 22.7. The first-order chi connectivity index (χ1) is 17.3. The molecule has 0 bridgehead atoms. The highest BCUT2D eigenvalue weighted by Gasteiger charge is 2.36. The van der Waals surface area contributed by atoms with Crippen LogP contribution in [0.5, 0.6) is 11.5 Å². The van der Waals surface area contributed by atoms with E-state index in [1.807, 2.05) is 13.8 Å². The SMILES string of the molecule is CCN(C(=O)C(CC(C)C)NC(=O)OC(C)(C)C)C(C(=O)Nc1ccc(OC)cc1)c1ccc(O)cc1. The van der Waals surface area contributed by atoms with Gasteiger partial charge in [-0.25, -0.2) is 4.79 Å². The van der Waals surface area contributed by atoms with Crippen LogP contribution in [-0.2, 0) is 14.3 Å². The van der Waals surface area contributed by atoms with Crippen molar-refractivity contribution in [2.45, 2.75) is 65.6 Å². The van der Waals surface area contributed by atoms with Crippen molar-refractivity contribution < 1.29 is 29.0 Å². The lowest BCUT2D eigenvalue weighted by Crippen LogP contribution is -2.52. The Labute approximate surface area is 219 Å². The molecule has 9 nitrogen and oxygen atoms in total. The van der Waals surface area contributed by atoms with Crippen molar-refractivity contribution in [3.63, 3.8) is 0 Å². The van der Waals surface area contributed by atoms with Gasteiger partial charge in [0.25, 0.3) is 5.91 Å². The first-order valence-corrected chi connectivity index (χ1v) is 12.4. The Balaban J connectivity index is 2.42. The average Bonchev–Trinajstić information content (AvgIpc) is 2.81. The molecule has 0 aromatic heterocycles. The van der Waals surface area contributed by atoms with Crippen LogP contribution in [0.3, 0.4) is 0 Å². The Kier molecular flexibility index (Phi) is 10.3. The summed E-state index contributed by atoms with van der Waals surface area (Å²) in [5, 5.41) is 15.4. The minimum Gasteiger partial charge on any atom is -0.508 e. The Morgan fingerprint density at radius 1 is 1.00 bits per heavy atom. The van der Waals surface area contributed by atoms with E-state index >= 15 is 0 Å². The molecule has 9 heteroatoms. The molecular formula is C28H39N3O6. The van der Waals surface area contributed by atoms with Gasteiger partial charge in [-0.2, -0.15) is 0 Å². The molecule has 2 unspecified atom stereocenters. The number of aromatic hydroxyl groups is 1. The van der Waals surface area contributed by atoms with E-state index in [0.29, 0.717) is 23.4 Å². The molecule has 0 aliphatic heterocycles. The number of nitrogens with one attached hydrogen (secondary N) is 2. The highest BCUT2D eigenvalue weighted by molar-refractivity contribution is 5.99. The van der Waals surface area contributed by atoms with Crippen LogP contribution in [0.15, 0.2) is 48.5 Å². The lowest BCUT2D eigenvalue weighted by molar-refractivity contribution is -0.140. The lowest BCUT2D eigenvalue weighted by atomic mass is 9.99. The lowest BCUT2D eigenvalue weighted by Gasteiger charge is -2.34. The van der Waals surface area contributed by atoms with Crippen molar-refractivity contribution in [2.24, 2.45) is 5.92 Å². The van der Waals surface area contributed by atoms with Crippen LogP contribution in [-0.4, -0.2) is 53.2 Å². The minimum atomic E-state index is -1.02. The molecule has 0 fully saturated rings. The number of benzene rings is 2. The van der Waals surface area contributed by atoms with Crippen molar-refractivity contribution in [3.8, 4) is 11.5 Å². The Bertz CT molecular complexity index is 1050. The molecule has 0 radical (unpaired) electrons. The molecule has 3 N–H and O–H groups in total. The second kappa shape index (κ2) is 13.0. The summed E-state index contributed by atoms with van der Waals surface area (Å²) in [4.78, 5) is 41.4. The molecule has 202 valence electrons. The number of phenolic OH excluding ortho intramolecular Hbond substituents is 1. The number of methoxy groups -OCH3 is 1. The van der Waals surface area contributed by atoms with Crippen molar-refractivity contribution in [1.82, 2.24) is 10.2 Å². The van der Waals surface area contributed by atoms with Gasteiger partial charge in [0.05, 0.1) is 7.11 Å². The van der Waals surface area contributed by atoms with Gasteiger partial charge in [0, 0.05) is 12.2 Å². The summed E-state index contributed by atoms with van der Waals surface area (Å²) < 4.78 is 10.6. The standard InChI is InChI=1S/C28H39N3O6/c1-8-31(26(34)23(17-18(2)3)30-27(35)37-28(4,5)6)24(19-9-13-21(32)14-10-19)25(33)29-20-11-15-22(36-7)16-12-20/h9-16,18,23-24,32H,8,17H2,1-7H3,(H,29,33)(H,30,35). The predicted molar refractivity (Wildman–Crippen MR) is 142 cm³/mol. The molecular weight excluding hydrogens is 474 g/mol. The molecule has 2 rings (SSSR count). The van der Waals surface area contributed by atoms with Gasteiger partial charge < -0.3 is 30.1 Å². The fraction of sp³-hybridized carbons (Fsp3) is 0.464. The summed E-state index contributed by atoms with van der Waals surface area (Å²) >= 11 is 0. The zero-order chi connectivity index (χ0) is 27.8. The van der Waals surface area contributed by atoms with Gasteiger partial charge in [0.1, 0.15) is 29.2 Å². The third-order valence-corrected chi connectivity index (χ3v) is 5.45. The van der Waals surface area contributed by atoms with E-state index in [1.165, 1.54) is 17.0 Å². The Morgan fingerprint density at radius 2 is 1.59 bits per heavy atom. The molecule has 0 aliphatic carbocycles. The summed E-state index contributed by atoms with van der Waals surface area (Å²) in [6, 6.07) is 11.1. The average molecular weight is 514 g/mol. The normalized spacial score (nSPS) is 12.9. The summed E-state index contributed by atoms with van der Waals surface area (Å²) in [6.45, 7) is 11.1. The summed E-state index contributed by atoms with van der Waals surface area (Å²) in [5.41, 5.74) is 0.315. The van der Waals surface area contributed by atoms with E-state index in [1.54, 1.807) is 71.2 Å². The molecule has 0 spiro atoms. The molecule has 0 saturated heterocycles. The smallest absolute Gasteiger partial charge is 0.408 e.